The molecule has 26 heavy (non-hydrogen) atoms. The normalized spacial score (nSPS) is 15.5. The zero-order valence-corrected chi connectivity index (χ0v) is 13.9. The summed E-state index contributed by atoms with van der Waals surface area (Å²) in [5.74, 6) is -0.841. The highest BCUT2D eigenvalue weighted by Gasteiger charge is 2.31. The second kappa shape index (κ2) is 6.48. The molecule has 4 rings (SSSR count). The van der Waals surface area contributed by atoms with E-state index < -0.39 is 5.92 Å². The van der Waals surface area contributed by atoms with Crippen molar-refractivity contribution >= 4 is 28.3 Å². The number of aromatic amines is 1. The van der Waals surface area contributed by atoms with E-state index in [-0.39, 0.29) is 30.3 Å². The fourth-order valence-corrected chi connectivity index (χ4v) is 3.35. The molecule has 0 radical (unpaired) electrons. The molecule has 2 heterocycles. The number of carbonyl (C=O) groups is 2. The van der Waals surface area contributed by atoms with Crippen LogP contribution in [0.2, 0.25) is 0 Å². The lowest BCUT2D eigenvalue weighted by molar-refractivity contribution is -0.125. The molecule has 1 unspecified atom stereocenters. The van der Waals surface area contributed by atoms with Gasteiger partial charge < -0.3 is 15.6 Å². The molecule has 3 aromatic rings. The molecule has 0 spiro atoms. The summed E-state index contributed by atoms with van der Waals surface area (Å²) in [4.78, 5) is 39.0. The number of para-hydroxylation sites is 1. The van der Waals surface area contributed by atoms with Crippen molar-refractivity contribution in [3.05, 3.63) is 76.2 Å². The number of pyridine rings is 1. The van der Waals surface area contributed by atoms with E-state index in [4.69, 9.17) is 0 Å². The molecule has 1 atom stereocenters. The van der Waals surface area contributed by atoms with E-state index >= 15 is 0 Å². The maximum atomic E-state index is 12.4. The van der Waals surface area contributed by atoms with Gasteiger partial charge >= 0.3 is 0 Å². The van der Waals surface area contributed by atoms with E-state index in [2.05, 4.69) is 15.6 Å². The zero-order chi connectivity index (χ0) is 18.1. The van der Waals surface area contributed by atoms with Gasteiger partial charge in [0, 0.05) is 30.2 Å². The Kier molecular flexibility index (Phi) is 4.01. The van der Waals surface area contributed by atoms with Gasteiger partial charge in [-0.05, 0) is 28.6 Å². The molecule has 2 aromatic carbocycles. The molecular formula is C20H17N3O3. The minimum absolute atomic E-state index is 0.0874. The maximum absolute atomic E-state index is 12.4. The summed E-state index contributed by atoms with van der Waals surface area (Å²) in [5, 5.41) is 7.04. The average Bonchev–Trinajstić information content (AvgIpc) is 2.97. The Balaban J connectivity index is 1.48. The first-order valence-electron chi connectivity index (χ1n) is 8.39. The number of hydrogen-bond acceptors (Lipinski definition) is 3. The monoisotopic (exact) mass is 347 g/mol. The largest absolute Gasteiger partial charge is 0.352 e. The van der Waals surface area contributed by atoms with Gasteiger partial charge in [-0.2, -0.15) is 0 Å². The van der Waals surface area contributed by atoms with Crippen LogP contribution in [0.25, 0.3) is 10.8 Å². The fraction of sp³-hybridized carbons (Fsp3) is 0.150. The van der Waals surface area contributed by atoms with E-state index in [1.54, 1.807) is 18.3 Å². The van der Waals surface area contributed by atoms with Gasteiger partial charge in [-0.1, -0.05) is 36.4 Å². The average molecular weight is 347 g/mol. The number of benzene rings is 2. The highest BCUT2D eigenvalue weighted by atomic mass is 16.2. The van der Waals surface area contributed by atoms with E-state index in [0.717, 1.165) is 22.2 Å². The summed E-state index contributed by atoms with van der Waals surface area (Å²) in [6, 6.07) is 14.7. The van der Waals surface area contributed by atoms with Crippen LogP contribution in [-0.2, 0) is 16.1 Å². The third-order valence-corrected chi connectivity index (χ3v) is 4.67. The van der Waals surface area contributed by atoms with Gasteiger partial charge in [-0.25, -0.2) is 0 Å². The quantitative estimate of drug-likeness (QED) is 0.676. The van der Waals surface area contributed by atoms with Crippen LogP contribution in [0, 0.1) is 0 Å². The van der Waals surface area contributed by atoms with E-state index in [1.807, 2.05) is 36.4 Å². The molecule has 2 amide bonds. The lowest BCUT2D eigenvalue weighted by atomic mass is 9.97. The molecule has 1 aliphatic rings. The summed E-state index contributed by atoms with van der Waals surface area (Å²) in [7, 11) is 0. The molecule has 0 saturated heterocycles. The number of amides is 2. The van der Waals surface area contributed by atoms with Crippen LogP contribution in [0.5, 0.6) is 0 Å². The van der Waals surface area contributed by atoms with Crippen LogP contribution in [-0.4, -0.2) is 16.8 Å². The van der Waals surface area contributed by atoms with Crippen LogP contribution in [0.1, 0.15) is 23.5 Å². The lowest BCUT2D eigenvalue weighted by Gasteiger charge is -2.11. The van der Waals surface area contributed by atoms with Gasteiger partial charge in [-0.15, -0.1) is 0 Å². The minimum atomic E-state index is -0.474. The number of nitrogens with one attached hydrogen (secondary N) is 3. The Labute approximate surface area is 149 Å². The first kappa shape index (κ1) is 16.1. The minimum Gasteiger partial charge on any atom is -0.352 e. The lowest BCUT2D eigenvalue weighted by Crippen LogP contribution is -2.27. The molecular weight excluding hydrogens is 330 g/mol. The molecule has 6 nitrogen and oxygen atoms in total. The van der Waals surface area contributed by atoms with Crippen molar-refractivity contribution in [2.75, 3.05) is 5.32 Å². The molecule has 0 saturated carbocycles. The van der Waals surface area contributed by atoms with Crippen molar-refractivity contribution in [1.29, 1.82) is 0 Å². The Bertz CT molecular complexity index is 1070. The van der Waals surface area contributed by atoms with Crippen molar-refractivity contribution in [3.8, 4) is 0 Å². The van der Waals surface area contributed by atoms with Crippen molar-refractivity contribution in [2.45, 2.75) is 18.9 Å². The van der Waals surface area contributed by atoms with Crippen molar-refractivity contribution < 1.29 is 9.59 Å². The van der Waals surface area contributed by atoms with Crippen molar-refractivity contribution in [2.24, 2.45) is 0 Å². The molecule has 1 aliphatic heterocycles. The topological polar surface area (TPSA) is 91.1 Å². The van der Waals surface area contributed by atoms with Gasteiger partial charge in [0.25, 0.3) is 5.56 Å². The predicted molar refractivity (Wildman–Crippen MR) is 98.8 cm³/mol. The SMILES string of the molecule is O=C(CC1C(=O)Nc2ccccc21)NCc1c[nH]c(=O)c2ccccc12. The maximum Gasteiger partial charge on any atom is 0.255 e. The number of H-pyrrole nitrogens is 1. The summed E-state index contributed by atoms with van der Waals surface area (Å²) in [6.45, 7) is 0.284. The van der Waals surface area contributed by atoms with E-state index in [1.165, 1.54) is 0 Å². The highest BCUT2D eigenvalue weighted by Crippen LogP contribution is 2.34. The van der Waals surface area contributed by atoms with Crippen LogP contribution in [0.3, 0.4) is 0 Å². The number of fused-ring (bicyclic) bond motifs is 2. The van der Waals surface area contributed by atoms with Crippen LogP contribution in [0.4, 0.5) is 5.69 Å². The standard InChI is InChI=1S/C20H17N3O3/c24-18(9-16-14-6-3-4-8-17(14)23-20(16)26)21-10-12-11-22-19(25)15-7-2-1-5-13(12)15/h1-8,11,16H,9-10H2,(H,21,24)(H,22,25)(H,23,26). The zero-order valence-electron chi connectivity index (χ0n) is 13.9. The Morgan fingerprint density at radius 2 is 1.73 bits per heavy atom. The van der Waals surface area contributed by atoms with Crippen molar-refractivity contribution in [1.82, 2.24) is 10.3 Å². The number of aromatic nitrogens is 1. The van der Waals surface area contributed by atoms with Gasteiger partial charge in [0.05, 0.1) is 5.92 Å². The summed E-state index contributed by atoms with van der Waals surface area (Å²) < 4.78 is 0. The summed E-state index contributed by atoms with van der Waals surface area (Å²) >= 11 is 0. The van der Waals surface area contributed by atoms with Crippen LogP contribution >= 0.6 is 0 Å². The molecule has 130 valence electrons. The first-order chi connectivity index (χ1) is 12.6. The van der Waals surface area contributed by atoms with E-state index in [9.17, 15) is 14.4 Å². The first-order valence-corrected chi connectivity index (χ1v) is 8.39. The molecule has 3 N–H and O–H groups in total. The molecule has 6 heteroatoms. The Morgan fingerprint density at radius 1 is 1.00 bits per heavy atom. The molecule has 0 aliphatic carbocycles. The van der Waals surface area contributed by atoms with Crippen LogP contribution < -0.4 is 16.2 Å². The molecule has 0 fully saturated rings. The van der Waals surface area contributed by atoms with Crippen LogP contribution in [0.15, 0.2) is 59.5 Å². The van der Waals surface area contributed by atoms with Gasteiger partial charge in [0.1, 0.15) is 0 Å². The third kappa shape index (κ3) is 2.86. The summed E-state index contributed by atoms with van der Waals surface area (Å²) in [6.07, 6.45) is 1.70. The predicted octanol–water partition coefficient (Wildman–Crippen LogP) is 2.27. The number of rotatable bonds is 4. The smallest absolute Gasteiger partial charge is 0.255 e. The number of carbonyl (C=O) groups excluding carboxylic acids is 2. The molecule has 0 bridgehead atoms. The Morgan fingerprint density at radius 3 is 2.58 bits per heavy atom. The molecule has 1 aromatic heterocycles. The second-order valence-corrected chi connectivity index (χ2v) is 6.30. The van der Waals surface area contributed by atoms with Gasteiger partial charge in [0.2, 0.25) is 11.8 Å². The van der Waals surface area contributed by atoms with Gasteiger partial charge in [-0.3, -0.25) is 14.4 Å². The second-order valence-electron chi connectivity index (χ2n) is 6.30. The van der Waals surface area contributed by atoms with Gasteiger partial charge in [0.15, 0.2) is 0 Å². The summed E-state index contributed by atoms with van der Waals surface area (Å²) in [5.41, 5.74) is 2.28. The highest BCUT2D eigenvalue weighted by molar-refractivity contribution is 6.04. The number of hydrogen-bond donors (Lipinski definition) is 3. The fourth-order valence-electron chi connectivity index (χ4n) is 3.35. The van der Waals surface area contributed by atoms with Crippen molar-refractivity contribution in [3.63, 3.8) is 0 Å². The van der Waals surface area contributed by atoms with E-state index in [0.29, 0.717) is 5.39 Å². The third-order valence-electron chi connectivity index (χ3n) is 4.67. The number of anilines is 1. The Hall–Kier alpha value is -3.41.